The Kier molecular flexibility index (Phi) is 6.42. The van der Waals surface area contributed by atoms with Crippen LogP contribution in [0.15, 0.2) is 47.6 Å². The minimum absolute atomic E-state index is 0.122. The van der Waals surface area contributed by atoms with E-state index >= 15 is 0 Å². The second-order valence-corrected chi connectivity index (χ2v) is 11.5. The van der Waals surface area contributed by atoms with Gasteiger partial charge in [-0.3, -0.25) is 0 Å². The van der Waals surface area contributed by atoms with E-state index in [0.29, 0.717) is 36.0 Å². The lowest BCUT2D eigenvalue weighted by atomic mass is 9.61. The highest BCUT2D eigenvalue weighted by atomic mass is 16.3. The van der Waals surface area contributed by atoms with Gasteiger partial charge in [0.2, 0.25) is 0 Å². The zero-order valence-corrected chi connectivity index (χ0v) is 19.7. The van der Waals surface area contributed by atoms with Crippen LogP contribution in [-0.4, -0.2) is 33.6 Å². The van der Waals surface area contributed by atoms with Crippen LogP contribution in [0.5, 0.6) is 0 Å². The summed E-state index contributed by atoms with van der Waals surface area (Å²) in [5, 5.41) is 30.7. The van der Waals surface area contributed by atoms with E-state index in [9.17, 15) is 15.3 Å². The third-order valence-electron chi connectivity index (χ3n) is 9.29. The molecule has 0 aliphatic heterocycles. The van der Waals surface area contributed by atoms with Gasteiger partial charge in [-0.15, -0.1) is 0 Å². The topological polar surface area (TPSA) is 60.7 Å². The summed E-state index contributed by atoms with van der Waals surface area (Å²) in [6.07, 6.45) is 16.8. The molecule has 4 aliphatic carbocycles. The Morgan fingerprint density at radius 2 is 1.81 bits per heavy atom. The van der Waals surface area contributed by atoms with Crippen LogP contribution in [0.25, 0.3) is 0 Å². The van der Waals surface area contributed by atoms with E-state index in [4.69, 9.17) is 0 Å². The highest BCUT2D eigenvalue weighted by Crippen LogP contribution is 2.59. The lowest BCUT2D eigenvalue weighted by molar-refractivity contribution is 0.0862. The van der Waals surface area contributed by atoms with Crippen molar-refractivity contribution in [3.8, 4) is 0 Å². The van der Waals surface area contributed by atoms with Gasteiger partial charge in [-0.25, -0.2) is 0 Å². The minimum atomic E-state index is -0.623. The van der Waals surface area contributed by atoms with Crippen LogP contribution in [0.2, 0.25) is 0 Å². The second-order valence-electron chi connectivity index (χ2n) is 11.5. The molecule has 0 radical (unpaired) electrons. The number of aliphatic hydroxyl groups is 3. The number of aliphatic hydroxyl groups excluding tert-OH is 3. The van der Waals surface area contributed by atoms with E-state index in [-0.39, 0.29) is 11.5 Å². The molecule has 3 N–H and O–H groups in total. The molecule has 4 aliphatic rings. The van der Waals surface area contributed by atoms with Gasteiger partial charge in [-0.1, -0.05) is 57.2 Å². The summed E-state index contributed by atoms with van der Waals surface area (Å²) >= 11 is 0. The van der Waals surface area contributed by atoms with Gasteiger partial charge in [0.15, 0.2) is 0 Å². The first kappa shape index (κ1) is 23.0. The average Bonchev–Trinajstić information content (AvgIpc) is 3.37. The van der Waals surface area contributed by atoms with E-state index in [2.05, 4.69) is 51.7 Å². The largest absolute Gasteiger partial charge is 0.393 e. The molecule has 172 valence electrons. The van der Waals surface area contributed by atoms with E-state index in [1.807, 2.05) is 0 Å². The van der Waals surface area contributed by atoms with Crippen molar-refractivity contribution in [2.24, 2.45) is 28.6 Å². The van der Waals surface area contributed by atoms with Crippen LogP contribution in [0.4, 0.5) is 0 Å². The molecule has 0 saturated heterocycles. The standard InChI is InChI=1S/C28H42O3/c1-18(7-12-26(31)27(3)14-15-27)23-10-11-24-20(6-5-13-28(23,24)4)8-9-21-16-22(29)17-25(30)19(21)2/h7-9,12,18,22-26,29-31H,2,5-6,10-11,13-17H2,1,3-4H3/t18-,22-,23-,24+,25+,26+,28-/m1/s1. The van der Waals surface area contributed by atoms with Crippen molar-refractivity contribution in [1.29, 1.82) is 0 Å². The van der Waals surface area contributed by atoms with Crippen LogP contribution in [0.3, 0.4) is 0 Å². The first-order chi connectivity index (χ1) is 14.6. The fourth-order valence-electron chi connectivity index (χ4n) is 6.75. The molecule has 0 heterocycles. The van der Waals surface area contributed by atoms with Gasteiger partial charge in [0.25, 0.3) is 0 Å². The Morgan fingerprint density at radius 3 is 2.52 bits per heavy atom. The van der Waals surface area contributed by atoms with Gasteiger partial charge in [-0.2, -0.15) is 0 Å². The van der Waals surface area contributed by atoms with E-state index in [0.717, 1.165) is 30.4 Å². The van der Waals surface area contributed by atoms with E-state index in [1.165, 1.54) is 31.3 Å². The smallest absolute Gasteiger partial charge is 0.0811 e. The van der Waals surface area contributed by atoms with E-state index in [1.54, 1.807) is 0 Å². The number of fused-ring (bicyclic) bond motifs is 1. The van der Waals surface area contributed by atoms with Crippen molar-refractivity contribution >= 4 is 0 Å². The van der Waals surface area contributed by atoms with Crippen LogP contribution >= 0.6 is 0 Å². The highest BCUT2D eigenvalue weighted by molar-refractivity contribution is 5.38. The van der Waals surface area contributed by atoms with Gasteiger partial charge >= 0.3 is 0 Å². The SMILES string of the molecule is C=C1C(=CC=C2CCC[C@]3(C)[C@@H]([C@H](C)C=C[C@H](O)C4(C)CC4)CC[C@@H]23)C[C@@H](O)C[C@@H]1O. The molecule has 3 heteroatoms. The summed E-state index contributed by atoms with van der Waals surface area (Å²) in [7, 11) is 0. The van der Waals surface area contributed by atoms with Gasteiger partial charge in [0.1, 0.15) is 0 Å². The zero-order valence-electron chi connectivity index (χ0n) is 19.7. The summed E-state index contributed by atoms with van der Waals surface area (Å²) in [5.74, 6) is 1.74. The molecule has 4 saturated carbocycles. The van der Waals surface area contributed by atoms with E-state index < -0.39 is 12.2 Å². The maximum atomic E-state index is 10.5. The molecule has 4 fully saturated rings. The van der Waals surface area contributed by atoms with Crippen LogP contribution in [0.1, 0.15) is 78.6 Å². The third kappa shape index (κ3) is 4.51. The van der Waals surface area contributed by atoms with Crippen molar-refractivity contribution in [3.63, 3.8) is 0 Å². The lowest BCUT2D eigenvalue weighted by Gasteiger charge is -2.44. The molecule has 31 heavy (non-hydrogen) atoms. The fraction of sp³-hybridized carbons (Fsp3) is 0.714. The summed E-state index contributed by atoms with van der Waals surface area (Å²) in [4.78, 5) is 0. The van der Waals surface area contributed by atoms with Gasteiger partial charge in [0, 0.05) is 6.42 Å². The average molecular weight is 427 g/mol. The molecule has 0 aromatic rings. The zero-order chi connectivity index (χ0) is 22.4. The van der Waals surface area contributed by atoms with Crippen molar-refractivity contribution in [1.82, 2.24) is 0 Å². The molecular formula is C28H42O3. The number of rotatable bonds is 5. The fourth-order valence-corrected chi connectivity index (χ4v) is 6.75. The number of hydrogen-bond donors (Lipinski definition) is 3. The molecule has 0 spiro atoms. The monoisotopic (exact) mass is 426 g/mol. The minimum Gasteiger partial charge on any atom is -0.393 e. The maximum absolute atomic E-state index is 10.5. The van der Waals surface area contributed by atoms with Crippen LogP contribution in [-0.2, 0) is 0 Å². The molecule has 0 bridgehead atoms. The molecule has 3 nitrogen and oxygen atoms in total. The first-order valence-electron chi connectivity index (χ1n) is 12.5. The number of hydrogen-bond acceptors (Lipinski definition) is 3. The molecule has 7 atom stereocenters. The van der Waals surface area contributed by atoms with Crippen LogP contribution in [0, 0.1) is 28.6 Å². The van der Waals surface area contributed by atoms with Gasteiger partial charge in [-0.05, 0) is 91.1 Å². The highest BCUT2D eigenvalue weighted by Gasteiger charge is 2.50. The third-order valence-corrected chi connectivity index (χ3v) is 9.29. The van der Waals surface area contributed by atoms with Crippen molar-refractivity contribution in [3.05, 3.63) is 47.6 Å². The summed E-state index contributed by atoms with van der Waals surface area (Å²) in [5.41, 5.74) is 3.74. The predicted molar refractivity (Wildman–Crippen MR) is 126 cm³/mol. The Morgan fingerprint density at radius 1 is 1.06 bits per heavy atom. The molecule has 0 aromatic heterocycles. The van der Waals surface area contributed by atoms with Crippen molar-refractivity contribution in [2.75, 3.05) is 0 Å². The van der Waals surface area contributed by atoms with Crippen molar-refractivity contribution < 1.29 is 15.3 Å². The lowest BCUT2D eigenvalue weighted by Crippen LogP contribution is -2.35. The number of allylic oxidation sites excluding steroid dienone is 4. The quantitative estimate of drug-likeness (QED) is 0.510. The molecule has 4 rings (SSSR count). The molecule has 0 unspecified atom stereocenters. The molecule has 0 aromatic carbocycles. The van der Waals surface area contributed by atoms with Crippen molar-refractivity contribution in [2.45, 2.75) is 96.9 Å². The summed E-state index contributed by atoms with van der Waals surface area (Å²) < 4.78 is 0. The normalized spacial score (nSPS) is 42.2. The Bertz CT molecular complexity index is 786. The van der Waals surface area contributed by atoms with Gasteiger partial charge in [0.05, 0.1) is 18.3 Å². The van der Waals surface area contributed by atoms with Gasteiger partial charge < -0.3 is 15.3 Å². The maximum Gasteiger partial charge on any atom is 0.0811 e. The Labute approximate surface area is 188 Å². The molecular weight excluding hydrogens is 384 g/mol. The molecule has 0 amide bonds. The first-order valence-corrected chi connectivity index (χ1v) is 12.5. The predicted octanol–water partition coefficient (Wildman–Crippen LogP) is 5.48. The van der Waals surface area contributed by atoms with Crippen LogP contribution < -0.4 is 0 Å². The summed E-state index contributed by atoms with van der Waals surface area (Å²) in [6, 6.07) is 0. The Balaban J connectivity index is 1.48. The Hall–Kier alpha value is -1.16. The summed E-state index contributed by atoms with van der Waals surface area (Å²) in [6.45, 7) is 11.1. The second kappa shape index (κ2) is 8.65.